The maximum Gasteiger partial charge on any atom is 0.275 e. The lowest BCUT2D eigenvalue weighted by atomic mass is 9.96. The molecule has 1 unspecified atom stereocenters. The number of benzene rings is 3. The van der Waals surface area contributed by atoms with Crippen molar-refractivity contribution < 1.29 is 8.76 Å². The summed E-state index contributed by atoms with van der Waals surface area (Å²) in [6.07, 6.45) is 1.68. The van der Waals surface area contributed by atoms with Gasteiger partial charge < -0.3 is 4.55 Å². The quantitative estimate of drug-likeness (QED) is 0.401. The van der Waals surface area contributed by atoms with Crippen LogP contribution in [-0.2, 0) is 23.4 Å². The normalized spacial score (nSPS) is 11.9. The van der Waals surface area contributed by atoms with Crippen LogP contribution in [0.4, 0.5) is 0 Å². The minimum absolute atomic E-state index is 0.0543. The molecule has 0 saturated carbocycles. The van der Waals surface area contributed by atoms with Crippen molar-refractivity contribution in [1.82, 2.24) is 9.78 Å². The van der Waals surface area contributed by atoms with Crippen LogP contribution in [0.1, 0.15) is 11.1 Å². The first-order valence-electron chi connectivity index (χ1n) is 9.56. The highest BCUT2D eigenvalue weighted by atomic mass is 35.5. The molecule has 3 aromatic carbocycles. The SMILES string of the molecule is O=c1c(-c2ccc(Cl)cc2)c(-c2ccc(CS(=O)[O-])cc2)cnn1Cc1ccccc1. The van der Waals surface area contributed by atoms with E-state index in [4.69, 9.17) is 11.6 Å². The van der Waals surface area contributed by atoms with Gasteiger partial charge in [0.05, 0.1) is 18.3 Å². The second-order valence-corrected chi connectivity index (χ2v) is 8.37. The van der Waals surface area contributed by atoms with Crippen LogP contribution in [0.25, 0.3) is 22.3 Å². The molecule has 0 amide bonds. The van der Waals surface area contributed by atoms with Crippen LogP contribution in [0.3, 0.4) is 0 Å². The van der Waals surface area contributed by atoms with Gasteiger partial charge in [0.2, 0.25) is 0 Å². The van der Waals surface area contributed by atoms with Gasteiger partial charge in [-0.15, -0.1) is 0 Å². The van der Waals surface area contributed by atoms with Crippen molar-refractivity contribution in [1.29, 1.82) is 0 Å². The van der Waals surface area contributed by atoms with Crippen molar-refractivity contribution in [2.24, 2.45) is 0 Å². The molecule has 0 fully saturated rings. The fourth-order valence-corrected chi connectivity index (χ4v) is 3.98. The molecule has 1 heterocycles. The van der Waals surface area contributed by atoms with Gasteiger partial charge in [0.25, 0.3) is 5.56 Å². The molecule has 5 nitrogen and oxygen atoms in total. The van der Waals surface area contributed by atoms with Gasteiger partial charge in [-0.3, -0.25) is 9.00 Å². The first-order valence-corrected chi connectivity index (χ1v) is 11.2. The molecule has 31 heavy (non-hydrogen) atoms. The van der Waals surface area contributed by atoms with E-state index in [2.05, 4.69) is 5.10 Å². The smallest absolute Gasteiger partial charge is 0.275 e. The topological polar surface area (TPSA) is 75.0 Å². The highest BCUT2D eigenvalue weighted by Gasteiger charge is 2.15. The van der Waals surface area contributed by atoms with Gasteiger partial charge in [0.15, 0.2) is 0 Å². The highest BCUT2D eigenvalue weighted by molar-refractivity contribution is 7.78. The monoisotopic (exact) mass is 449 g/mol. The Bertz CT molecular complexity index is 1270. The molecule has 0 aliphatic rings. The van der Waals surface area contributed by atoms with E-state index in [-0.39, 0.29) is 11.3 Å². The van der Waals surface area contributed by atoms with Gasteiger partial charge in [-0.1, -0.05) is 89.4 Å². The van der Waals surface area contributed by atoms with Crippen LogP contribution in [0.15, 0.2) is 89.9 Å². The maximum absolute atomic E-state index is 13.5. The molecule has 4 rings (SSSR count). The number of rotatable bonds is 6. The summed E-state index contributed by atoms with van der Waals surface area (Å²) in [5.74, 6) is -0.0543. The Kier molecular flexibility index (Phi) is 6.42. The van der Waals surface area contributed by atoms with E-state index in [0.29, 0.717) is 28.3 Å². The molecule has 1 aromatic heterocycles. The summed E-state index contributed by atoms with van der Waals surface area (Å²) >= 11 is 3.89. The molecule has 0 radical (unpaired) electrons. The van der Waals surface area contributed by atoms with E-state index < -0.39 is 11.1 Å². The van der Waals surface area contributed by atoms with Gasteiger partial charge in [-0.05, 0) is 34.4 Å². The molecule has 0 saturated heterocycles. The summed E-state index contributed by atoms with van der Waals surface area (Å²) in [5.41, 5.74) is 4.14. The summed E-state index contributed by atoms with van der Waals surface area (Å²) in [6, 6.07) is 23.9. The molecule has 0 N–H and O–H groups in total. The molecule has 7 heteroatoms. The van der Waals surface area contributed by atoms with Crippen LogP contribution in [0, 0.1) is 0 Å². The molecule has 4 aromatic rings. The molecular formula is C24H18ClN2O3S-. The first-order chi connectivity index (χ1) is 15.0. The van der Waals surface area contributed by atoms with Crippen molar-refractivity contribution in [3.05, 3.63) is 112 Å². The predicted octanol–water partition coefficient (Wildman–Crippen LogP) is 4.66. The molecule has 156 valence electrons. The lowest BCUT2D eigenvalue weighted by Gasteiger charge is -2.14. The minimum Gasteiger partial charge on any atom is -0.772 e. The number of hydrogen-bond donors (Lipinski definition) is 0. The van der Waals surface area contributed by atoms with E-state index in [0.717, 1.165) is 16.7 Å². The predicted molar refractivity (Wildman–Crippen MR) is 123 cm³/mol. The molecule has 0 spiro atoms. The lowest BCUT2D eigenvalue weighted by molar-refractivity contribution is 0.536. The summed E-state index contributed by atoms with van der Waals surface area (Å²) in [6.45, 7) is 0.356. The molecular weight excluding hydrogens is 432 g/mol. The van der Waals surface area contributed by atoms with Crippen LogP contribution in [-0.4, -0.2) is 18.5 Å². The van der Waals surface area contributed by atoms with Gasteiger partial charge >= 0.3 is 0 Å². The summed E-state index contributed by atoms with van der Waals surface area (Å²) in [4.78, 5) is 13.5. The second-order valence-electron chi connectivity index (χ2n) is 7.03. The Balaban J connectivity index is 1.82. The standard InChI is InChI=1S/C24H19ClN2O3S/c25-21-12-10-20(11-13-21)23-22(19-8-6-18(7-9-19)16-31(29)30)14-26-27(24(23)28)15-17-4-2-1-3-5-17/h1-14H,15-16H2,(H,29,30)/p-1. The van der Waals surface area contributed by atoms with Gasteiger partial charge in [-0.25, -0.2) is 4.68 Å². The first kappa shape index (κ1) is 21.2. The lowest BCUT2D eigenvalue weighted by Crippen LogP contribution is -2.25. The third-order valence-electron chi connectivity index (χ3n) is 4.90. The van der Waals surface area contributed by atoms with Gasteiger partial charge in [-0.2, -0.15) is 5.10 Å². The molecule has 1 atom stereocenters. The van der Waals surface area contributed by atoms with E-state index in [9.17, 15) is 13.6 Å². The van der Waals surface area contributed by atoms with Crippen molar-refractivity contribution in [2.45, 2.75) is 12.3 Å². The number of hydrogen-bond acceptors (Lipinski definition) is 4. The van der Waals surface area contributed by atoms with Crippen molar-refractivity contribution >= 4 is 22.7 Å². The van der Waals surface area contributed by atoms with Gasteiger partial charge in [0.1, 0.15) is 0 Å². The van der Waals surface area contributed by atoms with E-state index in [1.165, 1.54) is 4.68 Å². The Labute approximate surface area is 187 Å². The highest BCUT2D eigenvalue weighted by Crippen LogP contribution is 2.30. The zero-order valence-electron chi connectivity index (χ0n) is 16.4. The fraction of sp³-hybridized carbons (Fsp3) is 0.0833. The van der Waals surface area contributed by atoms with Crippen molar-refractivity contribution in [2.75, 3.05) is 0 Å². The number of aromatic nitrogens is 2. The average Bonchev–Trinajstić information content (AvgIpc) is 2.77. The average molecular weight is 450 g/mol. The summed E-state index contributed by atoms with van der Waals surface area (Å²) in [7, 11) is 0. The zero-order valence-corrected chi connectivity index (χ0v) is 18.0. The fourth-order valence-electron chi connectivity index (χ4n) is 3.39. The third-order valence-corrected chi connectivity index (χ3v) is 5.72. The Morgan fingerprint density at radius 3 is 2.16 bits per heavy atom. The van der Waals surface area contributed by atoms with Crippen LogP contribution in [0.2, 0.25) is 5.02 Å². The number of nitrogens with zero attached hydrogens (tertiary/aromatic N) is 2. The third kappa shape index (κ3) is 4.99. The van der Waals surface area contributed by atoms with Crippen molar-refractivity contribution in [3.63, 3.8) is 0 Å². The van der Waals surface area contributed by atoms with Crippen LogP contribution >= 0.6 is 11.6 Å². The van der Waals surface area contributed by atoms with Crippen LogP contribution in [0.5, 0.6) is 0 Å². The van der Waals surface area contributed by atoms with Gasteiger partial charge in [0, 0.05) is 16.3 Å². The Hall–Kier alpha value is -3.06. The summed E-state index contributed by atoms with van der Waals surface area (Å²) < 4.78 is 23.4. The van der Waals surface area contributed by atoms with E-state index in [1.807, 2.05) is 42.5 Å². The molecule has 0 bridgehead atoms. The number of halogens is 1. The van der Waals surface area contributed by atoms with E-state index >= 15 is 0 Å². The Morgan fingerprint density at radius 1 is 0.871 bits per heavy atom. The zero-order chi connectivity index (χ0) is 21.8. The molecule has 0 aliphatic heterocycles. The maximum atomic E-state index is 13.5. The summed E-state index contributed by atoms with van der Waals surface area (Å²) in [5, 5.41) is 4.99. The molecule has 0 aliphatic carbocycles. The van der Waals surface area contributed by atoms with E-state index in [1.54, 1.807) is 42.6 Å². The largest absolute Gasteiger partial charge is 0.772 e. The minimum atomic E-state index is -2.16. The Morgan fingerprint density at radius 2 is 1.52 bits per heavy atom. The van der Waals surface area contributed by atoms with Crippen LogP contribution < -0.4 is 5.56 Å². The van der Waals surface area contributed by atoms with Crippen molar-refractivity contribution in [3.8, 4) is 22.3 Å². The second kappa shape index (κ2) is 9.39.